The maximum Gasteiger partial charge on any atom is 0.273 e. The van der Waals surface area contributed by atoms with Crippen LogP contribution in [-0.2, 0) is 6.42 Å². The normalized spacial score (nSPS) is 14.2. The van der Waals surface area contributed by atoms with Crippen LogP contribution in [0.2, 0.25) is 0 Å². The van der Waals surface area contributed by atoms with Crippen LogP contribution in [0.4, 0.5) is 22.9 Å². The van der Waals surface area contributed by atoms with Gasteiger partial charge < -0.3 is 19.9 Å². The molecule has 1 N–H and O–H groups in total. The standard InChI is InChI=1S/C23H26N6O3/c1-3-21-23(32-20-6-4-5-19(15-20)29(30)31)26-22(16-24-21)25-17-7-9-18(10-8-17)28-13-11-27(2)12-14-28/h4-10,15-16H,3,11-14H2,1-2H3,(H,25,26). The highest BCUT2D eigenvalue weighted by Gasteiger charge is 2.15. The molecule has 32 heavy (non-hydrogen) atoms. The lowest BCUT2D eigenvalue weighted by Gasteiger charge is -2.34. The molecule has 0 bridgehead atoms. The largest absolute Gasteiger partial charge is 0.437 e. The Kier molecular flexibility index (Phi) is 6.46. The molecular weight excluding hydrogens is 408 g/mol. The Bertz CT molecular complexity index is 1080. The predicted molar refractivity (Wildman–Crippen MR) is 124 cm³/mol. The SMILES string of the molecule is CCc1ncc(Nc2ccc(N3CCN(C)CC3)cc2)nc1Oc1cccc([N+](=O)[O-])c1. The van der Waals surface area contributed by atoms with Gasteiger partial charge in [0.1, 0.15) is 11.4 Å². The molecule has 3 aromatic rings. The van der Waals surface area contributed by atoms with Gasteiger partial charge in [0.05, 0.1) is 17.2 Å². The van der Waals surface area contributed by atoms with E-state index in [0.29, 0.717) is 29.6 Å². The number of ether oxygens (including phenoxy) is 1. The van der Waals surface area contributed by atoms with Gasteiger partial charge in [-0.05, 0) is 43.8 Å². The number of piperazine rings is 1. The lowest BCUT2D eigenvalue weighted by molar-refractivity contribution is -0.384. The quantitative estimate of drug-likeness (QED) is 0.436. The highest BCUT2D eigenvalue weighted by atomic mass is 16.6. The van der Waals surface area contributed by atoms with Crippen LogP contribution in [-0.4, -0.2) is 53.0 Å². The van der Waals surface area contributed by atoms with Crippen molar-refractivity contribution in [3.63, 3.8) is 0 Å². The summed E-state index contributed by atoms with van der Waals surface area (Å²) in [5.41, 5.74) is 2.73. The maximum absolute atomic E-state index is 11.0. The van der Waals surface area contributed by atoms with E-state index < -0.39 is 4.92 Å². The van der Waals surface area contributed by atoms with Crippen molar-refractivity contribution in [3.05, 3.63) is 70.5 Å². The average Bonchev–Trinajstić information content (AvgIpc) is 2.81. The molecule has 0 unspecified atom stereocenters. The lowest BCUT2D eigenvalue weighted by Crippen LogP contribution is -2.44. The molecule has 9 nitrogen and oxygen atoms in total. The van der Waals surface area contributed by atoms with Crippen molar-refractivity contribution in [2.45, 2.75) is 13.3 Å². The summed E-state index contributed by atoms with van der Waals surface area (Å²) in [6.45, 7) is 6.12. The van der Waals surface area contributed by atoms with Gasteiger partial charge in [0.25, 0.3) is 5.69 Å². The average molecular weight is 435 g/mol. The summed E-state index contributed by atoms with van der Waals surface area (Å²) in [6.07, 6.45) is 2.28. The summed E-state index contributed by atoms with van der Waals surface area (Å²) in [7, 11) is 2.15. The molecule has 1 aromatic heterocycles. The molecule has 9 heteroatoms. The second kappa shape index (κ2) is 9.61. The second-order valence-electron chi connectivity index (χ2n) is 7.68. The highest BCUT2D eigenvalue weighted by molar-refractivity contribution is 5.61. The number of likely N-dealkylation sites (N-methyl/N-ethyl adjacent to an activating group) is 1. The first-order chi connectivity index (χ1) is 15.5. The van der Waals surface area contributed by atoms with Crippen LogP contribution in [0.5, 0.6) is 11.6 Å². The summed E-state index contributed by atoms with van der Waals surface area (Å²) in [6, 6.07) is 14.3. The molecule has 1 aliphatic rings. The van der Waals surface area contributed by atoms with Gasteiger partial charge in [-0.1, -0.05) is 13.0 Å². The van der Waals surface area contributed by atoms with E-state index in [1.165, 1.54) is 17.8 Å². The number of hydrogen-bond acceptors (Lipinski definition) is 8. The van der Waals surface area contributed by atoms with Gasteiger partial charge in [0, 0.05) is 43.6 Å². The zero-order chi connectivity index (χ0) is 22.5. The first kappa shape index (κ1) is 21.5. The third kappa shape index (κ3) is 5.12. The Morgan fingerprint density at radius 2 is 1.88 bits per heavy atom. The molecule has 0 atom stereocenters. The van der Waals surface area contributed by atoms with E-state index in [9.17, 15) is 10.1 Å². The Balaban J connectivity index is 1.48. The Morgan fingerprint density at radius 3 is 2.56 bits per heavy atom. The highest BCUT2D eigenvalue weighted by Crippen LogP contribution is 2.28. The smallest absolute Gasteiger partial charge is 0.273 e. The van der Waals surface area contributed by atoms with Gasteiger partial charge in [-0.15, -0.1) is 0 Å². The Hall–Kier alpha value is -3.72. The van der Waals surface area contributed by atoms with Gasteiger partial charge in [-0.3, -0.25) is 15.1 Å². The van der Waals surface area contributed by atoms with Crippen molar-refractivity contribution in [2.24, 2.45) is 0 Å². The lowest BCUT2D eigenvalue weighted by atomic mass is 10.2. The molecule has 1 saturated heterocycles. The molecule has 1 fully saturated rings. The van der Waals surface area contributed by atoms with Crippen molar-refractivity contribution in [1.82, 2.24) is 14.9 Å². The van der Waals surface area contributed by atoms with E-state index >= 15 is 0 Å². The molecule has 166 valence electrons. The first-order valence-corrected chi connectivity index (χ1v) is 10.6. The van der Waals surface area contributed by atoms with Gasteiger partial charge in [-0.2, -0.15) is 4.98 Å². The number of hydrogen-bond donors (Lipinski definition) is 1. The van der Waals surface area contributed by atoms with Crippen LogP contribution in [0, 0.1) is 10.1 Å². The number of rotatable bonds is 7. The number of aromatic nitrogens is 2. The first-order valence-electron chi connectivity index (χ1n) is 10.6. The van der Waals surface area contributed by atoms with Gasteiger partial charge in [0.15, 0.2) is 5.82 Å². The minimum absolute atomic E-state index is 0.0387. The molecule has 4 rings (SSSR count). The van der Waals surface area contributed by atoms with E-state index in [1.807, 2.05) is 19.1 Å². The van der Waals surface area contributed by atoms with E-state index in [1.54, 1.807) is 18.3 Å². The van der Waals surface area contributed by atoms with E-state index in [2.05, 4.69) is 44.3 Å². The summed E-state index contributed by atoms with van der Waals surface area (Å²) in [5.74, 6) is 1.21. The topological polar surface area (TPSA) is 96.7 Å². The summed E-state index contributed by atoms with van der Waals surface area (Å²) >= 11 is 0. The molecule has 0 amide bonds. The Morgan fingerprint density at radius 1 is 1.12 bits per heavy atom. The minimum Gasteiger partial charge on any atom is -0.437 e. The number of anilines is 3. The second-order valence-corrected chi connectivity index (χ2v) is 7.68. The summed E-state index contributed by atoms with van der Waals surface area (Å²) in [5, 5.41) is 14.3. The fourth-order valence-corrected chi connectivity index (χ4v) is 3.52. The van der Waals surface area contributed by atoms with Crippen molar-refractivity contribution in [3.8, 4) is 11.6 Å². The van der Waals surface area contributed by atoms with Crippen LogP contribution < -0.4 is 15.0 Å². The number of non-ortho nitro benzene ring substituents is 1. The van der Waals surface area contributed by atoms with Gasteiger partial charge in [-0.25, -0.2) is 0 Å². The summed E-state index contributed by atoms with van der Waals surface area (Å²) < 4.78 is 5.85. The van der Waals surface area contributed by atoms with Crippen molar-refractivity contribution < 1.29 is 9.66 Å². The number of nitro groups is 1. The van der Waals surface area contributed by atoms with Crippen molar-refractivity contribution >= 4 is 22.9 Å². The van der Waals surface area contributed by atoms with Crippen LogP contribution in [0.15, 0.2) is 54.7 Å². The molecule has 0 aliphatic carbocycles. The number of nitro benzene ring substituents is 1. The minimum atomic E-state index is -0.455. The molecule has 1 aliphatic heterocycles. The van der Waals surface area contributed by atoms with E-state index in [-0.39, 0.29) is 5.69 Å². The third-order valence-electron chi connectivity index (χ3n) is 5.40. The van der Waals surface area contributed by atoms with E-state index in [4.69, 9.17) is 4.74 Å². The monoisotopic (exact) mass is 434 g/mol. The zero-order valence-electron chi connectivity index (χ0n) is 18.2. The predicted octanol–water partition coefficient (Wildman–Crippen LogP) is 4.23. The molecule has 2 aromatic carbocycles. The zero-order valence-corrected chi connectivity index (χ0v) is 18.2. The molecule has 0 radical (unpaired) electrons. The molecule has 2 heterocycles. The van der Waals surface area contributed by atoms with E-state index in [0.717, 1.165) is 31.9 Å². The fraction of sp³-hybridized carbons (Fsp3) is 0.304. The third-order valence-corrected chi connectivity index (χ3v) is 5.40. The summed E-state index contributed by atoms with van der Waals surface area (Å²) in [4.78, 5) is 24.3. The fourth-order valence-electron chi connectivity index (χ4n) is 3.52. The van der Waals surface area contributed by atoms with Crippen molar-refractivity contribution in [1.29, 1.82) is 0 Å². The van der Waals surface area contributed by atoms with Crippen LogP contribution in [0.3, 0.4) is 0 Å². The molecular formula is C23H26N6O3. The van der Waals surface area contributed by atoms with Crippen LogP contribution >= 0.6 is 0 Å². The van der Waals surface area contributed by atoms with Gasteiger partial charge >= 0.3 is 0 Å². The molecule has 0 spiro atoms. The number of benzene rings is 2. The van der Waals surface area contributed by atoms with Crippen LogP contribution in [0.25, 0.3) is 0 Å². The number of aryl methyl sites for hydroxylation is 1. The maximum atomic E-state index is 11.0. The number of nitrogens with zero attached hydrogens (tertiary/aromatic N) is 5. The van der Waals surface area contributed by atoms with Crippen molar-refractivity contribution in [2.75, 3.05) is 43.4 Å². The number of nitrogens with one attached hydrogen (secondary N) is 1. The van der Waals surface area contributed by atoms with Gasteiger partial charge in [0.2, 0.25) is 5.88 Å². The van der Waals surface area contributed by atoms with Crippen LogP contribution in [0.1, 0.15) is 12.6 Å². The molecule has 0 saturated carbocycles. The Labute approximate surface area is 186 Å².